The molecule has 0 atom stereocenters. The van der Waals surface area contributed by atoms with Crippen molar-refractivity contribution in [1.82, 2.24) is 15.5 Å². The van der Waals surface area contributed by atoms with Crippen molar-refractivity contribution in [3.63, 3.8) is 0 Å². The average molecular weight is 242 g/mol. The Morgan fingerprint density at radius 3 is 2.35 bits per heavy atom. The van der Waals surface area contributed by atoms with Crippen molar-refractivity contribution in [3.05, 3.63) is 0 Å². The van der Waals surface area contributed by atoms with Crippen LogP contribution in [0.15, 0.2) is 0 Å². The van der Waals surface area contributed by atoms with E-state index in [1.807, 2.05) is 5.32 Å². The lowest BCUT2D eigenvalue weighted by Crippen LogP contribution is -2.51. The van der Waals surface area contributed by atoms with Crippen molar-refractivity contribution in [2.45, 2.75) is 31.2 Å². The van der Waals surface area contributed by atoms with Gasteiger partial charge >= 0.3 is 6.03 Å². The molecule has 1 rings (SSSR count). The summed E-state index contributed by atoms with van der Waals surface area (Å²) < 4.78 is 0. The highest BCUT2D eigenvalue weighted by atomic mass is 16.2. The summed E-state index contributed by atoms with van der Waals surface area (Å²) in [5, 5.41) is 5.13. The second-order valence-corrected chi connectivity index (χ2v) is 4.84. The van der Waals surface area contributed by atoms with Gasteiger partial charge in [-0.05, 0) is 26.9 Å². The van der Waals surface area contributed by atoms with Gasteiger partial charge in [-0.25, -0.2) is 4.79 Å². The number of primary amides is 1. The molecule has 3 amide bonds. The van der Waals surface area contributed by atoms with Gasteiger partial charge in [-0.15, -0.1) is 0 Å². The first-order chi connectivity index (χ1) is 7.96. The number of amides is 3. The Kier molecular flexibility index (Phi) is 4.89. The average Bonchev–Trinajstić information content (AvgIpc) is 2.66. The van der Waals surface area contributed by atoms with Crippen LogP contribution in [0.1, 0.15) is 25.7 Å². The number of nitrogens with zero attached hydrogens (tertiary/aromatic N) is 1. The molecule has 6 heteroatoms. The number of carbonyl (C=O) groups excluding carboxylic acids is 2. The minimum absolute atomic E-state index is 0.124. The van der Waals surface area contributed by atoms with Crippen LogP contribution in [0.5, 0.6) is 0 Å². The van der Waals surface area contributed by atoms with E-state index in [4.69, 9.17) is 5.73 Å². The molecule has 4 N–H and O–H groups in total. The quantitative estimate of drug-likeness (QED) is 0.614. The summed E-state index contributed by atoms with van der Waals surface area (Å²) in [6, 6.07) is -0.806. The van der Waals surface area contributed by atoms with Crippen molar-refractivity contribution in [2.24, 2.45) is 5.73 Å². The lowest BCUT2D eigenvalue weighted by Gasteiger charge is -2.36. The highest BCUT2D eigenvalue weighted by molar-refractivity contribution is 5.94. The zero-order chi connectivity index (χ0) is 12.9. The predicted molar refractivity (Wildman–Crippen MR) is 65.5 cm³/mol. The van der Waals surface area contributed by atoms with Gasteiger partial charge in [0, 0.05) is 12.1 Å². The zero-order valence-electron chi connectivity index (χ0n) is 10.6. The highest BCUT2D eigenvalue weighted by Gasteiger charge is 2.35. The Morgan fingerprint density at radius 1 is 1.29 bits per heavy atom. The number of likely N-dealkylation sites (N-methyl/N-ethyl adjacent to an activating group) is 1. The zero-order valence-corrected chi connectivity index (χ0v) is 10.6. The highest BCUT2D eigenvalue weighted by Crippen LogP contribution is 2.32. The van der Waals surface area contributed by atoms with E-state index in [-0.39, 0.29) is 18.0 Å². The molecule has 17 heavy (non-hydrogen) atoms. The summed E-state index contributed by atoms with van der Waals surface area (Å²) in [7, 11) is 4.13. The van der Waals surface area contributed by atoms with Crippen molar-refractivity contribution >= 4 is 11.9 Å². The maximum absolute atomic E-state index is 11.2. The second-order valence-electron chi connectivity index (χ2n) is 4.84. The maximum Gasteiger partial charge on any atom is 0.318 e. The van der Waals surface area contributed by atoms with E-state index >= 15 is 0 Å². The van der Waals surface area contributed by atoms with Gasteiger partial charge in [-0.1, -0.05) is 12.8 Å². The van der Waals surface area contributed by atoms with Gasteiger partial charge in [0.25, 0.3) is 0 Å². The van der Waals surface area contributed by atoms with Gasteiger partial charge in [0.05, 0.1) is 6.54 Å². The number of nitrogens with one attached hydrogen (secondary N) is 2. The summed E-state index contributed by atoms with van der Waals surface area (Å²) in [5.74, 6) is -0.385. The second kappa shape index (κ2) is 5.97. The Morgan fingerprint density at radius 2 is 1.88 bits per heavy atom. The molecular weight excluding hydrogens is 220 g/mol. The number of hydrogen-bond donors (Lipinski definition) is 3. The maximum atomic E-state index is 11.2. The fourth-order valence-corrected chi connectivity index (χ4v) is 2.41. The molecule has 0 aromatic rings. The summed E-state index contributed by atoms with van der Waals surface area (Å²) in [6.07, 6.45) is 4.75. The van der Waals surface area contributed by atoms with Gasteiger partial charge in [-0.3, -0.25) is 10.1 Å². The van der Waals surface area contributed by atoms with Crippen molar-refractivity contribution in [1.29, 1.82) is 0 Å². The molecule has 0 bridgehead atoms. The van der Waals surface area contributed by atoms with Crippen LogP contribution >= 0.6 is 0 Å². The van der Waals surface area contributed by atoms with Crippen LogP contribution < -0.4 is 16.4 Å². The number of imide groups is 1. The third kappa shape index (κ3) is 3.98. The van der Waals surface area contributed by atoms with Crippen LogP contribution in [0.25, 0.3) is 0 Å². The van der Waals surface area contributed by atoms with Crippen LogP contribution in [-0.4, -0.2) is 49.6 Å². The first kappa shape index (κ1) is 13.9. The van der Waals surface area contributed by atoms with Gasteiger partial charge in [0.1, 0.15) is 0 Å². The van der Waals surface area contributed by atoms with E-state index in [1.165, 1.54) is 12.8 Å². The van der Waals surface area contributed by atoms with E-state index in [0.29, 0.717) is 0 Å². The van der Waals surface area contributed by atoms with E-state index < -0.39 is 6.03 Å². The van der Waals surface area contributed by atoms with Crippen molar-refractivity contribution in [2.75, 3.05) is 27.2 Å². The van der Waals surface area contributed by atoms with E-state index in [2.05, 4.69) is 24.3 Å². The molecule has 6 nitrogen and oxygen atoms in total. The molecule has 0 heterocycles. The van der Waals surface area contributed by atoms with E-state index in [1.54, 1.807) is 0 Å². The molecule has 0 spiro atoms. The molecule has 0 unspecified atom stereocenters. The van der Waals surface area contributed by atoms with E-state index in [0.717, 1.165) is 19.4 Å². The van der Waals surface area contributed by atoms with Crippen LogP contribution in [0.4, 0.5) is 4.79 Å². The predicted octanol–water partition coefficient (Wildman–Crippen LogP) is -0.355. The fraction of sp³-hybridized carbons (Fsp3) is 0.818. The molecule has 0 aromatic carbocycles. The van der Waals surface area contributed by atoms with Crippen LogP contribution in [0.3, 0.4) is 0 Å². The number of nitrogens with two attached hydrogens (primary N) is 1. The Labute approximate surface area is 102 Å². The van der Waals surface area contributed by atoms with Crippen LogP contribution in [0.2, 0.25) is 0 Å². The number of rotatable bonds is 5. The standard InChI is InChI=1S/C11H22N4O2/c1-15(2)11(5-3-4-6-11)8-13-7-9(16)14-10(12)17/h13H,3-8H2,1-2H3,(H3,12,14,16,17). The fourth-order valence-electron chi connectivity index (χ4n) is 2.41. The summed E-state index contributed by atoms with van der Waals surface area (Å²) >= 11 is 0. The lowest BCUT2D eigenvalue weighted by atomic mass is 9.96. The molecular formula is C11H22N4O2. The molecule has 0 saturated heterocycles. The summed E-state index contributed by atoms with van der Waals surface area (Å²) in [4.78, 5) is 23.9. The molecule has 1 aliphatic rings. The molecule has 1 fully saturated rings. The smallest absolute Gasteiger partial charge is 0.318 e. The number of urea groups is 1. The normalized spacial score (nSPS) is 18.3. The largest absolute Gasteiger partial charge is 0.351 e. The molecule has 1 aliphatic carbocycles. The van der Waals surface area contributed by atoms with Gasteiger partial charge in [-0.2, -0.15) is 0 Å². The first-order valence-electron chi connectivity index (χ1n) is 5.94. The van der Waals surface area contributed by atoms with Crippen molar-refractivity contribution < 1.29 is 9.59 Å². The van der Waals surface area contributed by atoms with Gasteiger partial charge in [0.2, 0.25) is 5.91 Å². The van der Waals surface area contributed by atoms with Crippen LogP contribution in [0, 0.1) is 0 Å². The SMILES string of the molecule is CN(C)C1(CNCC(=O)NC(N)=O)CCCC1. The third-order valence-electron chi connectivity index (χ3n) is 3.49. The topological polar surface area (TPSA) is 87.5 Å². The number of hydrogen-bond acceptors (Lipinski definition) is 4. The molecule has 1 saturated carbocycles. The molecule has 0 aliphatic heterocycles. The minimum Gasteiger partial charge on any atom is -0.351 e. The lowest BCUT2D eigenvalue weighted by molar-refractivity contribution is -0.119. The summed E-state index contributed by atoms with van der Waals surface area (Å²) in [5.41, 5.74) is 5.00. The Balaban J connectivity index is 2.33. The first-order valence-corrected chi connectivity index (χ1v) is 5.94. The van der Waals surface area contributed by atoms with Crippen molar-refractivity contribution in [3.8, 4) is 0 Å². The third-order valence-corrected chi connectivity index (χ3v) is 3.49. The Bertz CT molecular complexity index is 285. The number of carbonyl (C=O) groups is 2. The van der Waals surface area contributed by atoms with Crippen LogP contribution in [-0.2, 0) is 4.79 Å². The minimum atomic E-state index is -0.806. The molecule has 0 radical (unpaired) electrons. The monoisotopic (exact) mass is 242 g/mol. The van der Waals surface area contributed by atoms with E-state index in [9.17, 15) is 9.59 Å². The molecule has 0 aromatic heterocycles. The Hall–Kier alpha value is -1.14. The molecule has 98 valence electrons. The van der Waals surface area contributed by atoms with Gasteiger partial charge in [0.15, 0.2) is 0 Å². The van der Waals surface area contributed by atoms with Gasteiger partial charge < -0.3 is 16.0 Å². The summed E-state index contributed by atoms with van der Waals surface area (Å²) in [6.45, 7) is 0.880.